The fourth-order valence-electron chi connectivity index (χ4n) is 3.49. The number of amides is 1. The first-order valence-corrected chi connectivity index (χ1v) is 7.72. The summed E-state index contributed by atoms with van der Waals surface area (Å²) in [5, 5.41) is 3.82. The highest BCUT2D eigenvalue weighted by molar-refractivity contribution is 6.30. The molecule has 108 valence electrons. The second-order valence-corrected chi connectivity index (χ2v) is 6.44. The lowest BCUT2D eigenvalue weighted by Gasteiger charge is -2.24. The summed E-state index contributed by atoms with van der Waals surface area (Å²) in [5.41, 5.74) is 0. The van der Waals surface area contributed by atoms with Crippen LogP contribution in [0.1, 0.15) is 32.6 Å². The van der Waals surface area contributed by atoms with Crippen LogP contribution in [-0.4, -0.2) is 18.1 Å². The lowest BCUT2D eigenvalue weighted by Crippen LogP contribution is -2.44. The molecule has 2 fully saturated rings. The topological polar surface area (TPSA) is 38.3 Å². The fraction of sp³-hybridized carbons (Fsp3) is 0.562. The summed E-state index contributed by atoms with van der Waals surface area (Å²) < 4.78 is 5.65. The molecule has 4 heteroatoms. The van der Waals surface area contributed by atoms with E-state index in [2.05, 4.69) is 5.32 Å². The van der Waals surface area contributed by atoms with E-state index < -0.39 is 6.10 Å². The van der Waals surface area contributed by atoms with Crippen molar-refractivity contribution in [3.8, 4) is 5.75 Å². The van der Waals surface area contributed by atoms with Crippen molar-refractivity contribution in [1.29, 1.82) is 0 Å². The number of hydrogen-bond acceptors (Lipinski definition) is 2. The van der Waals surface area contributed by atoms with Crippen LogP contribution >= 0.6 is 11.6 Å². The van der Waals surface area contributed by atoms with Gasteiger partial charge in [0.15, 0.2) is 6.10 Å². The SMILES string of the molecule is C[C@@H](Oc1ccc(Cl)cc1)C(=O)N[C@H]1C[C@H]2CC[C@H]1C2. The monoisotopic (exact) mass is 293 g/mol. The molecule has 4 atom stereocenters. The molecule has 2 bridgehead atoms. The highest BCUT2D eigenvalue weighted by Gasteiger charge is 2.40. The fourth-order valence-corrected chi connectivity index (χ4v) is 3.62. The molecule has 0 saturated heterocycles. The van der Waals surface area contributed by atoms with E-state index in [-0.39, 0.29) is 5.91 Å². The molecule has 1 aromatic carbocycles. The van der Waals surface area contributed by atoms with Crippen molar-refractivity contribution in [2.24, 2.45) is 11.8 Å². The summed E-state index contributed by atoms with van der Waals surface area (Å²) in [6.45, 7) is 1.79. The van der Waals surface area contributed by atoms with E-state index in [0.29, 0.717) is 22.7 Å². The van der Waals surface area contributed by atoms with Gasteiger partial charge in [0, 0.05) is 11.1 Å². The third-order valence-electron chi connectivity index (χ3n) is 4.56. The summed E-state index contributed by atoms with van der Waals surface area (Å²) in [4.78, 5) is 12.2. The molecule has 3 nitrogen and oxygen atoms in total. The minimum absolute atomic E-state index is 0.0162. The van der Waals surface area contributed by atoms with Gasteiger partial charge >= 0.3 is 0 Å². The highest BCUT2D eigenvalue weighted by Crippen LogP contribution is 2.44. The van der Waals surface area contributed by atoms with Crippen LogP contribution in [0.15, 0.2) is 24.3 Å². The van der Waals surface area contributed by atoms with Gasteiger partial charge in [0.25, 0.3) is 5.91 Å². The summed E-state index contributed by atoms with van der Waals surface area (Å²) in [5.74, 6) is 2.17. The molecule has 3 rings (SSSR count). The normalized spacial score (nSPS) is 29.2. The minimum Gasteiger partial charge on any atom is -0.481 e. The number of hydrogen-bond donors (Lipinski definition) is 1. The molecule has 0 heterocycles. The van der Waals surface area contributed by atoms with Gasteiger partial charge < -0.3 is 10.1 Å². The first kappa shape index (κ1) is 13.7. The van der Waals surface area contributed by atoms with Crippen molar-refractivity contribution < 1.29 is 9.53 Å². The zero-order valence-electron chi connectivity index (χ0n) is 11.6. The highest BCUT2D eigenvalue weighted by atomic mass is 35.5. The Hall–Kier alpha value is -1.22. The van der Waals surface area contributed by atoms with Gasteiger partial charge in [-0.25, -0.2) is 0 Å². The Morgan fingerprint density at radius 3 is 2.65 bits per heavy atom. The van der Waals surface area contributed by atoms with Gasteiger partial charge in [-0.15, -0.1) is 0 Å². The molecule has 0 aliphatic heterocycles. The van der Waals surface area contributed by atoms with E-state index in [1.165, 1.54) is 19.3 Å². The first-order chi connectivity index (χ1) is 9.61. The van der Waals surface area contributed by atoms with Crippen LogP contribution < -0.4 is 10.1 Å². The van der Waals surface area contributed by atoms with Gasteiger partial charge in [0.05, 0.1) is 0 Å². The summed E-state index contributed by atoms with van der Waals surface area (Å²) in [7, 11) is 0. The molecular weight excluding hydrogens is 274 g/mol. The Labute approximate surface area is 124 Å². The zero-order chi connectivity index (χ0) is 14.1. The van der Waals surface area contributed by atoms with Crippen LogP contribution in [0.2, 0.25) is 5.02 Å². The van der Waals surface area contributed by atoms with E-state index in [4.69, 9.17) is 16.3 Å². The average molecular weight is 294 g/mol. The lowest BCUT2D eigenvalue weighted by molar-refractivity contribution is -0.128. The number of halogens is 1. The minimum atomic E-state index is -0.477. The predicted molar refractivity (Wildman–Crippen MR) is 78.9 cm³/mol. The Kier molecular flexibility index (Phi) is 3.88. The van der Waals surface area contributed by atoms with Crippen molar-refractivity contribution in [2.45, 2.75) is 44.8 Å². The maximum Gasteiger partial charge on any atom is 0.261 e. The molecule has 1 amide bonds. The van der Waals surface area contributed by atoms with E-state index >= 15 is 0 Å². The Morgan fingerprint density at radius 1 is 1.30 bits per heavy atom. The largest absolute Gasteiger partial charge is 0.481 e. The molecule has 20 heavy (non-hydrogen) atoms. The smallest absolute Gasteiger partial charge is 0.261 e. The molecule has 0 spiro atoms. The van der Waals surface area contributed by atoms with Crippen molar-refractivity contribution >= 4 is 17.5 Å². The second kappa shape index (κ2) is 5.65. The molecule has 2 aliphatic rings. The Bertz CT molecular complexity index is 488. The summed E-state index contributed by atoms with van der Waals surface area (Å²) in [6.07, 6.45) is 4.56. The maximum atomic E-state index is 12.2. The number of carbonyl (C=O) groups excluding carboxylic acids is 1. The van der Waals surface area contributed by atoms with Crippen LogP contribution in [0.3, 0.4) is 0 Å². The molecular formula is C16H20ClNO2. The van der Waals surface area contributed by atoms with Crippen molar-refractivity contribution in [2.75, 3.05) is 0 Å². The Morgan fingerprint density at radius 2 is 2.05 bits per heavy atom. The van der Waals surface area contributed by atoms with E-state index in [0.717, 1.165) is 12.3 Å². The number of nitrogens with one attached hydrogen (secondary N) is 1. The molecule has 1 N–H and O–H groups in total. The average Bonchev–Trinajstić information content (AvgIpc) is 3.03. The second-order valence-electron chi connectivity index (χ2n) is 6.00. The van der Waals surface area contributed by atoms with Gasteiger partial charge in [0.2, 0.25) is 0 Å². The maximum absolute atomic E-state index is 12.2. The standard InChI is InChI=1S/C16H20ClNO2/c1-10(20-14-6-4-13(17)5-7-14)16(19)18-15-9-11-2-3-12(15)8-11/h4-7,10-12,15H,2-3,8-9H2,1H3,(H,18,19)/t10-,11+,12+,15+/m1/s1. The van der Waals surface area contributed by atoms with Crippen LogP contribution in [0, 0.1) is 11.8 Å². The zero-order valence-corrected chi connectivity index (χ0v) is 12.4. The number of ether oxygens (including phenoxy) is 1. The predicted octanol–water partition coefficient (Wildman–Crippen LogP) is 3.41. The number of carbonyl (C=O) groups is 1. The molecule has 0 aromatic heterocycles. The van der Waals surface area contributed by atoms with Gasteiger partial charge in [-0.3, -0.25) is 4.79 Å². The van der Waals surface area contributed by atoms with Gasteiger partial charge in [-0.05, 0) is 62.3 Å². The molecule has 1 aromatic rings. The van der Waals surface area contributed by atoms with Crippen LogP contribution in [0.4, 0.5) is 0 Å². The van der Waals surface area contributed by atoms with Gasteiger partial charge in [0.1, 0.15) is 5.75 Å². The first-order valence-electron chi connectivity index (χ1n) is 7.34. The van der Waals surface area contributed by atoms with Crippen molar-refractivity contribution in [1.82, 2.24) is 5.32 Å². The summed E-state index contributed by atoms with van der Waals surface area (Å²) >= 11 is 5.83. The van der Waals surface area contributed by atoms with Crippen LogP contribution in [0.5, 0.6) is 5.75 Å². The van der Waals surface area contributed by atoms with Gasteiger partial charge in [-0.2, -0.15) is 0 Å². The van der Waals surface area contributed by atoms with Gasteiger partial charge in [-0.1, -0.05) is 18.0 Å². The molecule has 0 unspecified atom stereocenters. The van der Waals surface area contributed by atoms with Crippen molar-refractivity contribution in [3.05, 3.63) is 29.3 Å². The molecule has 2 aliphatic carbocycles. The third-order valence-corrected chi connectivity index (χ3v) is 4.81. The third kappa shape index (κ3) is 2.93. The van der Waals surface area contributed by atoms with Crippen molar-refractivity contribution in [3.63, 3.8) is 0 Å². The van der Waals surface area contributed by atoms with E-state index in [9.17, 15) is 4.79 Å². The lowest BCUT2D eigenvalue weighted by atomic mass is 9.95. The Balaban J connectivity index is 1.53. The number of fused-ring (bicyclic) bond motifs is 2. The van der Waals surface area contributed by atoms with Crippen LogP contribution in [0.25, 0.3) is 0 Å². The summed E-state index contributed by atoms with van der Waals surface area (Å²) in [6, 6.07) is 7.44. The molecule has 2 saturated carbocycles. The number of benzene rings is 1. The number of rotatable bonds is 4. The van der Waals surface area contributed by atoms with E-state index in [1.54, 1.807) is 31.2 Å². The molecule has 0 radical (unpaired) electrons. The van der Waals surface area contributed by atoms with Crippen LogP contribution in [-0.2, 0) is 4.79 Å². The quantitative estimate of drug-likeness (QED) is 0.924. The van der Waals surface area contributed by atoms with E-state index in [1.807, 2.05) is 0 Å².